The summed E-state index contributed by atoms with van der Waals surface area (Å²) >= 11 is 3.33. The minimum atomic E-state index is -0.184. The number of hydrogen-bond acceptors (Lipinski definition) is 6. The van der Waals surface area contributed by atoms with Crippen LogP contribution in [0.1, 0.15) is 16.7 Å². The van der Waals surface area contributed by atoms with E-state index in [1.54, 1.807) is 28.9 Å². The van der Waals surface area contributed by atoms with Crippen LogP contribution < -0.4 is 5.32 Å². The highest BCUT2D eigenvalue weighted by molar-refractivity contribution is 7.15. The van der Waals surface area contributed by atoms with Crippen molar-refractivity contribution in [1.29, 1.82) is 0 Å². The van der Waals surface area contributed by atoms with Gasteiger partial charge in [-0.1, -0.05) is 0 Å². The Balaban J connectivity index is 1.64. The summed E-state index contributed by atoms with van der Waals surface area (Å²) in [6, 6.07) is 5.56. The van der Waals surface area contributed by atoms with Crippen LogP contribution in [-0.4, -0.2) is 16.7 Å². The standard InChI is InChI=1S/C14H14N2O2S2/c17-8-12(13-2-1-4-18-13)15-6-11-7-16-14(20-11)10-3-5-19-9-10/h1-5,7,9,12,15,17H,6,8H2. The lowest BCUT2D eigenvalue weighted by Gasteiger charge is -2.12. The molecule has 20 heavy (non-hydrogen) atoms. The second-order valence-electron chi connectivity index (χ2n) is 4.28. The van der Waals surface area contributed by atoms with E-state index in [0.29, 0.717) is 6.54 Å². The molecule has 0 fully saturated rings. The molecule has 1 unspecified atom stereocenters. The van der Waals surface area contributed by atoms with Gasteiger partial charge in [0.15, 0.2) is 0 Å². The highest BCUT2D eigenvalue weighted by Crippen LogP contribution is 2.27. The first kappa shape index (κ1) is 13.5. The van der Waals surface area contributed by atoms with Crippen LogP contribution in [0.15, 0.2) is 45.8 Å². The van der Waals surface area contributed by atoms with Crippen LogP contribution in [0.4, 0.5) is 0 Å². The maximum atomic E-state index is 9.40. The van der Waals surface area contributed by atoms with Crippen molar-refractivity contribution in [3.05, 3.63) is 52.1 Å². The zero-order valence-electron chi connectivity index (χ0n) is 10.7. The summed E-state index contributed by atoms with van der Waals surface area (Å²) in [6.45, 7) is 0.664. The number of furan rings is 1. The summed E-state index contributed by atoms with van der Waals surface area (Å²) in [6.07, 6.45) is 3.49. The third kappa shape index (κ3) is 2.99. The Bertz CT molecular complexity index is 632. The second kappa shape index (κ2) is 6.32. The molecular formula is C14H14N2O2S2. The summed E-state index contributed by atoms with van der Waals surface area (Å²) in [5, 5.41) is 17.8. The molecule has 0 aliphatic rings. The van der Waals surface area contributed by atoms with E-state index in [2.05, 4.69) is 21.7 Å². The Kier molecular flexibility index (Phi) is 4.27. The fourth-order valence-electron chi connectivity index (χ4n) is 1.88. The van der Waals surface area contributed by atoms with Gasteiger partial charge in [0.05, 0.1) is 18.9 Å². The lowest BCUT2D eigenvalue weighted by atomic mass is 10.2. The van der Waals surface area contributed by atoms with Crippen LogP contribution in [0.2, 0.25) is 0 Å². The lowest BCUT2D eigenvalue weighted by molar-refractivity contribution is 0.226. The third-order valence-electron chi connectivity index (χ3n) is 2.91. The number of nitrogens with one attached hydrogen (secondary N) is 1. The summed E-state index contributed by atoms with van der Waals surface area (Å²) in [4.78, 5) is 5.56. The van der Waals surface area contributed by atoms with Crippen LogP contribution in [0, 0.1) is 0 Å². The fourth-order valence-corrected chi connectivity index (χ4v) is 3.45. The molecule has 3 aromatic heterocycles. The molecule has 6 heteroatoms. The molecule has 0 aromatic carbocycles. The molecular weight excluding hydrogens is 292 g/mol. The van der Waals surface area contributed by atoms with Crippen molar-refractivity contribution in [3.63, 3.8) is 0 Å². The Morgan fingerprint density at radius 2 is 2.35 bits per heavy atom. The van der Waals surface area contributed by atoms with Gasteiger partial charge in [-0.15, -0.1) is 11.3 Å². The highest BCUT2D eigenvalue weighted by atomic mass is 32.1. The van der Waals surface area contributed by atoms with Gasteiger partial charge in [0, 0.05) is 28.6 Å². The summed E-state index contributed by atoms with van der Waals surface area (Å²) in [7, 11) is 0. The lowest BCUT2D eigenvalue weighted by Crippen LogP contribution is -2.23. The zero-order chi connectivity index (χ0) is 13.8. The van der Waals surface area contributed by atoms with Crippen LogP contribution in [0.5, 0.6) is 0 Å². The molecule has 0 amide bonds. The average Bonchev–Trinajstić information content (AvgIpc) is 3.22. The van der Waals surface area contributed by atoms with E-state index in [4.69, 9.17) is 4.42 Å². The van der Waals surface area contributed by atoms with Crippen molar-refractivity contribution in [2.45, 2.75) is 12.6 Å². The smallest absolute Gasteiger partial charge is 0.124 e. The van der Waals surface area contributed by atoms with Crippen LogP contribution in [-0.2, 0) is 6.54 Å². The molecule has 0 spiro atoms. The number of rotatable bonds is 6. The Labute approximate surface area is 124 Å². The molecule has 0 saturated carbocycles. The number of nitrogens with zero attached hydrogens (tertiary/aromatic N) is 1. The van der Waals surface area contributed by atoms with E-state index in [-0.39, 0.29) is 12.6 Å². The van der Waals surface area contributed by atoms with Crippen molar-refractivity contribution in [3.8, 4) is 10.6 Å². The van der Waals surface area contributed by atoms with E-state index in [9.17, 15) is 5.11 Å². The number of aliphatic hydroxyl groups is 1. The fraction of sp³-hybridized carbons (Fsp3) is 0.214. The molecule has 0 radical (unpaired) electrons. The van der Waals surface area contributed by atoms with Crippen molar-refractivity contribution >= 4 is 22.7 Å². The van der Waals surface area contributed by atoms with E-state index in [1.807, 2.05) is 23.7 Å². The van der Waals surface area contributed by atoms with Gasteiger partial charge in [0.2, 0.25) is 0 Å². The van der Waals surface area contributed by atoms with Crippen molar-refractivity contribution in [2.75, 3.05) is 6.61 Å². The Morgan fingerprint density at radius 3 is 3.05 bits per heavy atom. The van der Waals surface area contributed by atoms with Gasteiger partial charge in [-0.2, -0.15) is 11.3 Å². The van der Waals surface area contributed by atoms with Crippen LogP contribution in [0.3, 0.4) is 0 Å². The molecule has 0 bridgehead atoms. The molecule has 3 heterocycles. The largest absolute Gasteiger partial charge is 0.468 e. The van der Waals surface area contributed by atoms with E-state index in [0.717, 1.165) is 21.2 Å². The van der Waals surface area contributed by atoms with Gasteiger partial charge in [-0.25, -0.2) is 4.98 Å². The van der Waals surface area contributed by atoms with Gasteiger partial charge in [0.1, 0.15) is 10.8 Å². The van der Waals surface area contributed by atoms with Gasteiger partial charge >= 0.3 is 0 Å². The minimum absolute atomic E-state index is 0.00368. The molecule has 0 aliphatic heterocycles. The van der Waals surface area contributed by atoms with E-state index in [1.165, 1.54) is 0 Å². The zero-order valence-corrected chi connectivity index (χ0v) is 12.3. The monoisotopic (exact) mass is 306 g/mol. The molecule has 0 aliphatic carbocycles. The van der Waals surface area contributed by atoms with Gasteiger partial charge in [-0.3, -0.25) is 0 Å². The Morgan fingerprint density at radius 1 is 1.40 bits per heavy atom. The highest BCUT2D eigenvalue weighted by Gasteiger charge is 2.13. The molecule has 0 saturated heterocycles. The molecule has 3 rings (SSSR count). The quantitative estimate of drug-likeness (QED) is 0.734. The van der Waals surface area contributed by atoms with Gasteiger partial charge in [0.25, 0.3) is 0 Å². The van der Waals surface area contributed by atoms with Gasteiger partial charge < -0.3 is 14.8 Å². The normalized spacial score (nSPS) is 12.7. The molecule has 3 aromatic rings. The van der Waals surface area contributed by atoms with Crippen LogP contribution in [0.25, 0.3) is 10.6 Å². The van der Waals surface area contributed by atoms with Crippen molar-refractivity contribution in [2.24, 2.45) is 0 Å². The average molecular weight is 306 g/mol. The Hall–Kier alpha value is -1.47. The molecule has 104 valence electrons. The molecule has 1 atom stereocenters. The maximum Gasteiger partial charge on any atom is 0.124 e. The predicted octanol–water partition coefficient (Wildman–Crippen LogP) is 3.29. The summed E-state index contributed by atoms with van der Waals surface area (Å²) < 4.78 is 5.31. The number of hydrogen-bond donors (Lipinski definition) is 2. The van der Waals surface area contributed by atoms with Crippen molar-refractivity contribution < 1.29 is 9.52 Å². The number of aromatic nitrogens is 1. The third-order valence-corrected chi connectivity index (χ3v) is 4.64. The SMILES string of the molecule is OCC(NCc1cnc(-c2ccsc2)s1)c1ccco1. The predicted molar refractivity (Wildman–Crippen MR) is 80.8 cm³/mol. The van der Waals surface area contributed by atoms with Gasteiger partial charge in [-0.05, 0) is 23.6 Å². The first-order chi connectivity index (χ1) is 9.86. The number of aliphatic hydroxyl groups excluding tert-OH is 1. The second-order valence-corrected chi connectivity index (χ2v) is 6.17. The van der Waals surface area contributed by atoms with E-state index >= 15 is 0 Å². The first-order valence-electron chi connectivity index (χ1n) is 6.21. The number of thiophene rings is 1. The summed E-state index contributed by atoms with van der Waals surface area (Å²) in [5.41, 5.74) is 1.16. The molecule has 2 N–H and O–H groups in total. The maximum absolute atomic E-state index is 9.40. The minimum Gasteiger partial charge on any atom is -0.468 e. The topological polar surface area (TPSA) is 58.3 Å². The molecule has 4 nitrogen and oxygen atoms in total. The van der Waals surface area contributed by atoms with Crippen LogP contribution >= 0.6 is 22.7 Å². The van der Waals surface area contributed by atoms with Crippen molar-refractivity contribution in [1.82, 2.24) is 10.3 Å². The number of thiazole rings is 1. The summed E-state index contributed by atoms with van der Waals surface area (Å²) in [5.74, 6) is 0.745. The first-order valence-corrected chi connectivity index (χ1v) is 7.97. The van der Waals surface area contributed by atoms with E-state index < -0.39 is 0 Å².